The zero-order valence-corrected chi connectivity index (χ0v) is 16.6. The van der Waals surface area contributed by atoms with Gasteiger partial charge in [-0.2, -0.15) is 8.78 Å². The van der Waals surface area contributed by atoms with Gasteiger partial charge in [0.15, 0.2) is 5.96 Å². The van der Waals surface area contributed by atoms with E-state index in [9.17, 15) is 8.78 Å². The molecule has 2 atom stereocenters. The first-order valence-electron chi connectivity index (χ1n) is 9.40. The van der Waals surface area contributed by atoms with Gasteiger partial charge in [-0.15, -0.1) is 0 Å². The van der Waals surface area contributed by atoms with Gasteiger partial charge in [-0.1, -0.05) is 39.0 Å². The van der Waals surface area contributed by atoms with Gasteiger partial charge in [-0.05, 0) is 24.3 Å². The summed E-state index contributed by atoms with van der Waals surface area (Å²) >= 11 is 0. The van der Waals surface area contributed by atoms with Crippen LogP contribution < -0.4 is 15.4 Å². The molecule has 1 heterocycles. The first kappa shape index (κ1) is 21.4. The predicted octanol–water partition coefficient (Wildman–Crippen LogP) is 3.79. The Kier molecular flexibility index (Phi) is 7.83. The maximum absolute atomic E-state index is 12.5. The van der Waals surface area contributed by atoms with E-state index < -0.39 is 6.61 Å². The highest BCUT2D eigenvalue weighted by molar-refractivity contribution is 5.79. The van der Waals surface area contributed by atoms with Gasteiger partial charge in [0.1, 0.15) is 5.75 Å². The molecule has 1 saturated heterocycles. The lowest BCUT2D eigenvalue weighted by Gasteiger charge is -2.40. The third-order valence-corrected chi connectivity index (χ3v) is 4.69. The molecule has 5 nitrogen and oxygen atoms in total. The topological polar surface area (TPSA) is 54.9 Å². The summed E-state index contributed by atoms with van der Waals surface area (Å²) < 4.78 is 35.7. The molecule has 0 aromatic heterocycles. The van der Waals surface area contributed by atoms with Crippen LogP contribution in [0.2, 0.25) is 0 Å². The molecular formula is C20H31F2N3O2. The van der Waals surface area contributed by atoms with Gasteiger partial charge in [-0.25, -0.2) is 0 Å². The second-order valence-electron chi connectivity index (χ2n) is 7.85. The van der Waals surface area contributed by atoms with Crippen LogP contribution in [0, 0.1) is 11.3 Å². The highest BCUT2D eigenvalue weighted by atomic mass is 19.3. The van der Waals surface area contributed by atoms with E-state index in [1.165, 1.54) is 6.07 Å². The Labute approximate surface area is 160 Å². The molecule has 2 unspecified atom stereocenters. The van der Waals surface area contributed by atoms with Crippen molar-refractivity contribution in [2.24, 2.45) is 16.3 Å². The Hall–Kier alpha value is -1.89. The number of benzene rings is 1. The summed E-state index contributed by atoms with van der Waals surface area (Å²) in [6.07, 6.45) is 2.36. The van der Waals surface area contributed by atoms with Crippen LogP contribution in [0.3, 0.4) is 0 Å². The summed E-state index contributed by atoms with van der Waals surface area (Å²) in [5, 5.41) is 6.51. The standard InChI is InChI=1S/C20H31F2N3O2/c1-20(2,3)17-15(9-7-11-26-17)13-25-19(23-4)24-12-14-8-5-6-10-16(14)27-18(21)22/h5-6,8,10,15,17-18H,7,9,11-13H2,1-4H3,(H2,23,24,25). The molecular weight excluding hydrogens is 352 g/mol. The zero-order valence-electron chi connectivity index (χ0n) is 16.6. The molecule has 1 aliphatic rings. The van der Waals surface area contributed by atoms with E-state index >= 15 is 0 Å². The summed E-state index contributed by atoms with van der Waals surface area (Å²) in [5.74, 6) is 1.19. The normalized spacial score (nSPS) is 21.2. The van der Waals surface area contributed by atoms with Gasteiger partial charge in [-0.3, -0.25) is 4.99 Å². The highest BCUT2D eigenvalue weighted by Crippen LogP contribution is 2.33. The van der Waals surface area contributed by atoms with E-state index in [1.807, 2.05) is 0 Å². The second-order valence-corrected chi connectivity index (χ2v) is 7.85. The SMILES string of the molecule is CN=C(NCc1ccccc1OC(F)F)NCC1CCCOC1C(C)(C)C. The van der Waals surface area contributed by atoms with Gasteiger partial charge in [0.05, 0.1) is 6.10 Å². The monoisotopic (exact) mass is 383 g/mol. The Bertz CT molecular complexity index is 617. The molecule has 0 saturated carbocycles. The number of ether oxygens (including phenoxy) is 2. The van der Waals surface area contributed by atoms with E-state index in [2.05, 4.69) is 41.1 Å². The number of hydrogen-bond donors (Lipinski definition) is 2. The Morgan fingerprint density at radius 3 is 2.70 bits per heavy atom. The smallest absolute Gasteiger partial charge is 0.387 e. The molecule has 2 N–H and O–H groups in total. The van der Waals surface area contributed by atoms with Crippen molar-refractivity contribution in [2.45, 2.75) is 52.9 Å². The molecule has 7 heteroatoms. The van der Waals surface area contributed by atoms with Crippen LogP contribution in [0.4, 0.5) is 8.78 Å². The number of alkyl halides is 2. The summed E-state index contributed by atoms with van der Waals surface area (Å²) in [4.78, 5) is 4.23. The first-order valence-corrected chi connectivity index (χ1v) is 9.40. The molecule has 1 fully saturated rings. The Balaban J connectivity index is 1.91. The summed E-state index contributed by atoms with van der Waals surface area (Å²) in [5.41, 5.74) is 0.726. The van der Waals surface area contributed by atoms with E-state index in [0.29, 0.717) is 24.0 Å². The third-order valence-electron chi connectivity index (χ3n) is 4.69. The lowest BCUT2D eigenvalue weighted by molar-refractivity contribution is -0.0835. The van der Waals surface area contributed by atoms with Crippen molar-refractivity contribution in [3.63, 3.8) is 0 Å². The second kappa shape index (κ2) is 9.88. The van der Waals surface area contributed by atoms with Crippen molar-refractivity contribution >= 4 is 5.96 Å². The lowest BCUT2D eigenvalue weighted by atomic mass is 9.78. The van der Waals surface area contributed by atoms with Crippen LogP contribution in [0.25, 0.3) is 0 Å². The van der Waals surface area contributed by atoms with E-state index in [-0.39, 0.29) is 17.3 Å². The van der Waals surface area contributed by atoms with Crippen molar-refractivity contribution in [1.29, 1.82) is 0 Å². The van der Waals surface area contributed by atoms with Crippen molar-refractivity contribution in [2.75, 3.05) is 20.2 Å². The number of nitrogens with one attached hydrogen (secondary N) is 2. The van der Waals surface area contributed by atoms with Crippen molar-refractivity contribution in [3.8, 4) is 5.75 Å². The quantitative estimate of drug-likeness (QED) is 0.580. The molecule has 27 heavy (non-hydrogen) atoms. The summed E-state index contributed by atoms with van der Waals surface area (Å²) in [7, 11) is 1.69. The average Bonchev–Trinajstić information content (AvgIpc) is 2.62. The fourth-order valence-electron chi connectivity index (χ4n) is 3.50. The molecule has 0 amide bonds. The molecule has 2 rings (SSSR count). The fourth-order valence-corrected chi connectivity index (χ4v) is 3.50. The first-order chi connectivity index (χ1) is 12.8. The average molecular weight is 383 g/mol. The Morgan fingerprint density at radius 1 is 1.30 bits per heavy atom. The number of nitrogens with zero attached hydrogens (tertiary/aromatic N) is 1. The number of guanidine groups is 1. The van der Waals surface area contributed by atoms with Crippen LogP contribution in [0.15, 0.2) is 29.3 Å². The predicted molar refractivity (Wildman–Crippen MR) is 103 cm³/mol. The van der Waals surface area contributed by atoms with E-state index in [0.717, 1.165) is 26.0 Å². The lowest BCUT2D eigenvalue weighted by Crippen LogP contribution is -2.47. The van der Waals surface area contributed by atoms with Crippen LogP contribution in [0.1, 0.15) is 39.2 Å². The van der Waals surface area contributed by atoms with Gasteiger partial charge in [0.25, 0.3) is 0 Å². The minimum absolute atomic E-state index is 0.0786. The number of rotatable bonds is 6. The number of para-hydroxylation sites is 1. The minimum atomic E-state index is -2.84. The molecule has 0 spiro atoms. The summed E-state index contributed by atoms with van der Waals surface area (Å²) in [6, 6.07) is 6.75. The maximum atomic E-state index is 12.5. The molecule has 152 valence electrons. The molecule has 0 aliphatic carbocycles. The molecule has 1 aromatic carbocycles. The minimum Gasteiger partial charge on any atom is -0.434 e. The van der Waals surface area contributed by atoms with Crippen LogP contribution in [0.5, 0.6) is 5.75 Å². The largest absolute Gasteiger partial charge is 0.434 e. The van der Waals surface area contributed by atoms with Gasteiger partial charge in [0, 0.05) is 38.2 Å². The van der Waals surface area contributed by atoms with Crippen LogP contribution in [-0.2, 0) is 11.3 Å². The highest BCUT2D eigenvalue weighted by Gasteiger charge is 2.35. The Morgan fingerprint density at radius 2 is 2.04 bits per heavy atom. The van der Waals surface area contributed by atoms with Gasteiger partial charge in [0.2, 0.25) is 0 Å². The van der Waals surface area contributed by atoms with Crippen molar-refractivity contribution in [1.82, 2.24) is 10.6 Å². The molecule has 1 aliphatic heterocycles. The molecule has 0 bridgehead atoms. The maximum Gasteiger partial charge on any atom is 0.387 e. The van der Waals surface area contributed by atoms with Crippen molar-refractivity contribution < 1.29 is 18.3 Å². The van der Waals surface area contributed by atoms with E-state index in [1.54, 1.807) is 25.2 Å². The summed E-state index contributed by atoms with van der Waals surface area (Å²) in [6.45, 7) is 5.65. The van der Waals surface area contributed by atoms with Crippen molar-refractivity contribution in [3.05, 3.63) is 29.8 Å². The van der Waals surface area contributed by atoms with E-state index in [4.69, 9.17) is 4.74 Å². The van der Waals surface area contributed by atoms with Crippen LogP contribution >= 0.6 is 0 Å². The zero-order chi connectivity index (χ0) is 19.9. The number of halogens is 2. The number of hydrogen-bond acceptors (Lipinski definition) is 3. The third kappa shape index (κ3) is 6.65. The number of aliphatic imine (C=N–C) groups is 1. The molecule has 0 radical (unpaired) electrons. The van der Waals surface area contributed by atoms with Gasteiger partial charge >= 0.3 is 6.61 Å². The molecule has 1 aromatic rings. The van der Waals surface area contributed by atoms with Crippen LogP contribution in [-0.4, -0.2) is 38.9 Å². The fraction of sp³-hybridized carbons (Fsp3) is 0.650. The van der Waals surface area contributed by atoms with Gasteiger partial charge < -0.3 is 20.1 Å².